The molecule has 0 saturated carbocycles. The molecule has 6 heteroatoms. The second-order valence-electron chi connectivity index (χ2n) is 4.27. The molecule has 1 saturated heterocycles. The molecule has 1 aromatic rings. The van der Waals surface area contributed by atoms with E-state index in [4.69, 9.17) is 29.3 Å². The maximum atomic E-state index is 9.13. The summed E-state index contributed by atoms with van der Waals surface area (Å²) in [6.45, 7) is 3.77. The molecule has 0 atom stereocenters. The summed E-state index contributed by atoms with van der Waals surface area (Å²) in [4.78, 5) is 6.87. The van der Waals surface area contributed by atoms with E-state index in [1.807, 2.05) is 11.8 Å². The van der Waals surface area contributed by atoms with Crippen LogP contribution in [0.4, 0.5) is 5.82 Å². The topological polar surface area (TPSA) is 36.4 Å². The first-order valence-corrected chi connectivity index (χ1v) is 5.52. The van der Waals surface area contributed by atoms with Crippen LogP contribution in [-0.2, 0) is 12.6 Å². The summed E-state index contributed by atoms with van der Waals surface area (Å²) in [6.07, 6.45) is 1.66. The Morgan fingerprint density at radius 2 is 2.25 bits per heavy atom. The molecule has 2 heterocycles. The summed E-state index contributed by atoms with van der Waals surface area (Å²) in [5, 5.41) is 9.67. The van der Waals surface area contributed by atoms with E-state index in [0.717, 1.165) is 18.9 Å². The summed E-state index contributed by atoms with van der Waals surface area (Å²) in [7, 11) is 0. The van der Waals surface area contributed by atoms with Gasteiger partial charge in [0.2, 0.25) is 0 Å². The predicted molar refractivity (Wildman–Crippen MR) is 62.3 cm³/mol. The second kappa shape index (κ2) is 5.38. The van der Waals surface area contributed by atoms with Crippen molar-refractivity contribution in [2.75, 3.05) is 24.6 Å². The van der Waals surface area contributed by atoms with Gasteiger partial charge in [-0.05, 0) is 0 Å². The van der Waals surface area contributed by atoms with Crippen LogP contribution in [0, 0.1) is 5.41 Å². The van der Waals surface area contributed by atoms with Crippen molar-refractivity contribution in [1.29, 1.82) is 0 Å². The van der Waals surface area contributed by atoms with Gasteiger partial charge in [0.25, 0.3) is 0 Å². The maximum absolute atomic E-state index is 9.13. The SMILES string of the molecule is CC1(CO)CN(c2nccc([S-])c2Cl)C1.[Na+]. The molecule has 0 amide bonds. The first kappa shape index (κ1) is 14.5. The average Bonchev–Trinajstić information content (AvgIpc) is 2.18. The van der Waals surface area contributed by atoms with Gasteiger partial charge in [0.1, 0.15) is 5.82 Å². The Balaban J connectivity index is 0.00000128. The van der Waals surface area contributed by atoms with Crippen molar-refractivity contribution in [3.05, 3.63) is 17.3 Å². The summed E-state index contributed by atoms with van der Waals surface area (Å²) in [6, 6.07) is 1.71. The Hall–Kier alpha value is 0.420. The summed E-state index contributed by atoms with van der Waals surface area (Å²) in [5.41, 5.74) is -0.0253. The molecular weight excluding hydrogens is 255 g/mol. The van der Waals surface area contributed by atoms with Crippen molar-refractivity contribution >= 4 is 30.0 Å². The molecule has 16 heavy (non-hydrogen) atoms. The Bertz CT molecular complexity index is 385. The van der Waals surface area contributed by atoms with Crippen LogP contribution >= 0.6 is 11.6 Å². The van der Waals surface area contributed by atoms with Crippen molar-refractivity contribution in [3.8, 4) is 0 Å². The van der Waals surface area contributed by atoms with E-state index in [1.165, 1.54) is 0 Å². The largest absolute Gasteiger partial charge is 1.00 e. The van der Waals surface area contributed by atoms with Crippen molar-refractivity contribution in [2.45, 2.75) is 11.8 Å². The van der Waals surface area contributed by atoms with Gasteiger partial charge in [-0.15, -0.1) is 0 Å². The zero-order valence-corrected chi connectivity index (χ0v) is 13.0. The third-order valence-corrected chi connectivity index (χ3v) is 3.49. The van der Waals surface area contributed by atoms with Crippen molar-refractivity contribution < 1.29 is 34.7 Å². The zero-order valence-electron chi connectivity index (χ0n) is 9.40. The fraction of sp³-hybridized carbons (Fsp3) is 0.500. The Kier molecular flexibility index (Phi) is 4.87. The molecule has 2 rings (SSSR count). The summed E-state index contributed by atoms with van der Waals surface area (Å²) >= 11 is 11.1. The van der Waals surface area contributed by atoms with Crippen LogP contribution in [0.3, 0.4) is 0 Å². The summed E-state index contributed by atoms with van der Waals surface area (Å²) in [5.74, 6) is 0.732. The van der Waals surface area contributed by atoms with E-state index in [0.29, 0.717) is 9.92 Å². The molecule has 3 nitrogen and oxygen atoms in total. The molecule has 0 aromatic carbocycles. The van der Waals surface area contributed by atoms with Gasteiger partial charge in [-0.1, -0.05) is 24.6 Å². The molecule has 1 fully saturated rings. The number of hydrogen-bond donors (Lipinski definition) is 1. The molecular formula is C10H12ClN2NaOS. The quantitative estimate of drug-likeness (QED) is 0.520. The van der Waals surface area contributed by atoms with Crippen LogP contribution in [-0.4, -0.2) is 29.8 Å². The molecule has 0 unspecified atom stereocenters. The van der Waals surface area contributed by atoms with Gasteiger partial charge in [-0.2, -0.15) is 4.90 Å². The minimum Gasteiger partial charge on any atom is -0.778 e. The van der Waals surface area contributed by atoms with Crippen LogP contribution in [0.15, 0.2) is 17.2 Å². The van der Waals surface area contributed by atoms with E-state index in [-0.39, 0.29) is 41.6 Å². The monoisotopic (exact) mass is 266 g/mol. The smallest absolute Gasteiger partial charge is 0.778 e. The van der Waals surface area contributed by atoms with Crippen LogP contribution in [0.2, 0.25) is 5.02 Å². The van der Waals surface area contributed by atoms with Gasteiger partial charge in [0.15, 0.2) is 0 Å². The fourth-order valence-electron chi connectivity index (χ4n) is 1.76. The average molecular weight is 267 g/mol. The molecule has 1 aliphatic rings. The predicted octanol–water partition coefficient (Wildman–Crippen LogP) is -1.54. The molecule has 0 spiro atoms. The number of aromatic nitrogens is 1. The number of pyridine rings is 1. The van der Waals surface area contributed by atoms with Crippen molar-refractivity contribution in [2.24, 2.45) is 5.41 Å². The van der Waals surface area contributed by atoms with Gasteiger partial charge >= 0.3 is 29.6 Å². The second-order valence-corrected chi connectivity index (χ2v) is 5.09. The van der Waals surface area contributed by atoms with Gasteiger partial charge in [-0.3, -0.25) is 0 Å². The molecule has 1 aromatic heterocycles. The van der Waals surface area contributed by atoms with E-state index >= 15 is 0 Å². The fourth-order valence-corrected chi connectivity index (χ4v) is 2.14. The first-order valence-electron chi connectivity index (χ1n) is 4.73. The standard InChI is InChI=1S/C10H13ClN2OS.Na/c1-10(6-14)4-13(5-10)9-8(11)7(15)2-3-12-9;/h2-3,14H,4-6H2,1H3,(H,12,15);/q;+1/p-1. The number of rotatable bonds is 2. The van der Waals surface area contributed by atoms with E-state index in [9.17, 15) is 0 Å². The molecule has 1 N–H and O–H groups in total. The van der Waals surface area contributed by atoms with E-state index < -0.39 is 0 Å². The van der Waals surface area contributed by atoms with Crippen LogP contribution in [0.25, 0.3) is 0 Å². The maximum Gasteiger partial charge on any atom is 1.00 e. The van der Waals surface area contributed by atoms with Gasteiger partial charge < -0.3 is 22.6 Å². The molecule has 0 bridgehead atoms. The zero-order chi connectivity index (χ0) is 11.1. The van der Waals surface area contributed by atoms with Crippen LogP contribution in [0.5, 0.6) is 0 Å². The Morgan fingerprint density at radius 3 is 2.81 bits per heavy atom. The number of aliphatic hydroxyl groups is 1. The van der Waals surface area contributed by atoms with Crippen molar-refractivity contribution in [1.82, 2.24) is 4.98 Å². The number of aliphatic hydroxyl groups excluding tert-OH is 1. The number of anilines is 1. The van der Waals surface area contributed by atoms with Crippen LogP contribution in [0.1, 0.15) is 6.92 Å². The number of halogens is 1. The third-order valence-electron chi connectivity index (χ3n) is 2.66. The summed E-state index contributed by atoms with van der Waals surface area (Å²) < 4.78 is 0. The van der Waals surface area contributed by atoms with E-state index in [1.54, 1.807) is 12.3 Å². The Labute approximate surface area is 128 Å². The first-order chi connectivity index (χ1) is 7.06. The molecule has 0 aliphatic carbocycles. The third kappa shape index (κ3) is 2.63. The van der Waals surface area contributed by atoms with Gasteiger partial charge in [0, 0.05) is 24.7 Å². The van der Waals surface area contributed by atoms with Crippen molar-refractivity contribution in [3.63, 3.8) is 0 Å². The Morgan fingerprint density at radius 1 is 1.62 bits per heavy atom. The molecule has 1 aliphatic heterocycles. The number of hydrogen-bond acceptors (Lipinski definition) is 4. The minimum atomic E-state index is -0.0253. The normalized spacial score (nSPS) is 17.6. The van der Waals surface area contributed by atoms with Crippen LogP contribution < -0.4 is 34.5 Å². The van der Waals surface area contributed by atoms with Gasteiger partial charge in [0.05, 0.1) is 11.6 Å². The number of nitrogens with zero attached hydrogens (tertiary/aromatic N) is 2. The van der Waals surface area contributed by atoms with E-state index in [2.05, 4.69) is 4.98 Å². The molecule has 0 radical (unpaired) electrons. The molecule has 82 valence electrons. The minimum absolute atomic E-state index is 0. The van der Waals surface area contributed by atoms with Gasteiger partial charge in [-0.25, -0.2) is 4.98 Å².